The Kier molecular flexibility index (Phi) is 6.10. The molecule has 0 amide bonds. The Hall–Kier alpha value is -2.34. The van der Waals surface area contributed by atoms with Crippen molar-refractivity contribution in [2.75, 3.05) is 27.0 Å². The molecule has 0 bridgehead atoms. The number of nitrogens with zero attached hydrogens (tertiary/aromatic N) is 4. The Morgan fingerprint density at radius 2 is 2.16 bits per heavy atom. The summed E-state index contributed by atoms with van der Waals surface area (Å²) < 4.78 is 44.4. The monoisotopic (exact) mass is 498 g/mol. The minimum Gasteiger partial charge on any atom is -0.466 e. The van der Waals surface area contributed by atoms with Gasteiger partial charge in [-0.3, -0.25) is 4.99 Å². The SMILES string of the molecule is COC(=O)C1=C2C[C@H](N(C)S(C)(=O)=O)CN2C(c2nccs2)=N[C@H]1c1ccc(F)cc1Cl. The van der Waals surface area contributed by atoms with Crippen LogP contribution in [-0.4, -0.2) is 67.4 Å². The molecule has 1 fully saturated rings. The number of hydrogen-bond acceptors (Lipinski definition) is 8. The number of aliphatic imine (C=N–C) groups is 1. The van der Waals surface area contributed by atoms with Crippen molar-refractivity contribution in [2.45, 2.75) is 18.5 Å². The fourth-order valence-electron chi connectivity index (χ4n) is 3.91. The second-order valence-electron chi connectivity index (χ2n) is 7.46. The first kappa shape index (κ1) is 22.8. The molecule has 1 aromatic heterocycles. The van der Waals surface area contributed by atoms with Crippen LogP contribution in [0.2, 0.25) is 5.02 Å². The maximum Gasteiger partial charge on any atom is 0.338 e. The van der Waals surface area contributed by atoms with Gasteiger partial charge in [0, 0.05) is 53.9 Å². The van der Waals surface area contributed by atoms with Crippen molar-refractivity contribution in [3.05, 3.63) is 62.5 Å². The molecule has 0 aliphatic carbocycles. The fourth-order valence-corrected chi connectivity index (χ4v) is 5.50. The third-order valence-corrected chi connectivity index (χ3v) is 8.00. The van der Waals surface area contributed by atoms with E-state index in [-0.39, 0.29) is 17.0 Å². The van der Waals surface area contributed by atoms with Crippen molar-refractivity contribution in [1.82, 2.24) is 14.2 Å². The Morgan fingerprint density at radius 3 is 2.75 bits per heavy atom. The van der Waals surface area contributed by atoms with Gasteiger partial charge in [0.15, 0.2) is 10.8 Å². The summed E-state index contributed by atoms with van der Waals surface area (Å²) in [7, 11) is -0.701. The van der Waals surface area contributed by atoms with E-state index >= 15 is 0 Å². The Morgan fingerprint density at radius 1 is 1.41 bits per heavy atom. The number of likely N-dealkylation sites (N-methyl/N-ethyl adjacent to an activating group) is 1. The molecule has 0 radical (unpaired) electrons. The number of methoxy groups -OCH3 is 1. The number of halogens is 2. The van der Waals surface area contributed by atoms with Gasteiger partial charge in [-0.25, -0.2) is 22.6 Å². The van der Waals surface area contributed by atoms with Gasteiger partial charge in [0.1, 0.15) is 11.9 Å². The summed E-state index contributed by atoms with van der Waals surface area (Å²) in [6, 6.07) is 2.62. The average molecular weight is 499 g/mol. The topological polar surface area (TPSA) is 92.2 Å². The second-order valence-corrected chi connectivity index (χ2v) is 10.8. The molecule has 3 heterocycles. The van der Waals surface area contributed by atoms with E-state index in [9.17, 15) is 17.6 Å². The Labute approximate surface area is 194 Å². The van der Waals surface area contributed by atoms with Crippen molar-refractivity contribution < 1.29 is 22.3 Å². The lowest BCUT2D eigenvalue weighted by molar-refractivity contribution is -0.136. The van der Waals surface area contributed by atoms with E-state index in [1.165, 1.54) is 41.9 Å². The number of esters is 1. The van der Waals surface area contributed by atoms with Crippen molar-refractivity contribution in [1.29, 1.82) is 0 Å². The summed E-state index contributed by atoms with van der Waals surface area (Å²) in [5, 5.41) is 2.53. The van der Waals surface area contributed by atoms with Crippen LogP contribution in [-0.2, 0) is 19.6 Å². The molecule has 0 saturated carbocycles. The van der Waals surface area contributed by atoms with Crippen LogP contribution >= 0.6 is 22.9 Å². The third-order valence-electron chi connectivity index (χ3n) is 5.56. The number of benzene rings is 1. The van der Waals surface area contributed by atoms with Gasteiger partial charge >= 0.3 is 5.97 Å². The van der Waals surface area contributed by atoms with Crippen LogP contribution in [0.4, 0.5) is 4.39 Å². The lowest BCUT2D eigenvalue weighted by Gasteiger charge is -2.31. The van der Waals surface area contributed by atoms with Crippen LogP contribution in [0.15, 0.2) is 46.0 Å². The van der Waals surface area contributed by atoms with E-state index in [0.29, 0.717) is 28.6 Å². The van der Waals surface area contributed by atoms with Crippen LogP contribution in [0.3, 0.4) is 0 Å². The van der Waals surface area contributed by atoms with E-state index < -0.39 is 33.9 Å². The van der Waals surface area contributed by atoms with Crippen LogP contribution in [0.25, 0.3) is 0 Å². The van der Waals surface area contributed by atoms with E-state index in [4.69, 9.17) is 21.3 Å². The van der Waals surface area contributed by atoms with Crippen molar-refractivity contribution in [2.24, 2.45) is 4.99 Å². The van der Waals surface area contributed by atoms with Gasteiger partial charge in [0.05, 0.1) is 18.9 Å². The minimum atomic E-state index is -3.47. The Balaban J connectivity index is 1.91. The number of ether oxygens (including phenoxy) is 1. The maximum absolute atomic E-state index is 13.7. The minimum absolute atomic E-state index is 0.121. The maximum atomic E-state index is 13.7. The van der Waals surface area contributed by atoms with Gasteiger partial charge in [0.2, 0.25) is 10.0 Å². The van der Waals surface area contributed by atoms with Crippen LogP contribution in [0.1, 0.15) is 23.0 Å². The molecule has 2 aromatic rings. The van der Waals surface area contributed by atoms with E-state index in [1.54, 1.807) is 11.6 Å². The zero-order valence-corrected chi connectivity index (χ0v) is 19.8. The third kappa shape index (κ3) is 4.05. The summed E-state index contributed by atoms with van der Waals surface area (Å²) in [6.07, 6.45) is 3.04. The molecule has 0 spiro atoms. The van der Waals surface area contributed by atoms with Crippen molar-refractivity contribution >= 4 is 44.8 Å². The molecular formula is C20H20ClFN4O4S2. The predicted octanol–water partition coefficient (Wildman–Crippen LogP) is 2.83. The summed E-state index contributed by atoms with van der Waals surface area (Å²) in [5.74, 6) is -0.624. The molecule has 0 N–H and O–H groups in total. The number of carbonyl (C=O) groups excluding carboxylic acids is 1. The summed E-state index contributed by atoms with van der Waals surface area (Å²) >= 11 is 7.70. The number of carbonyl (C=O) groups is 1. The second kappa shape index (κ2) is 8.54. The van der Waals surface area contributed by atoms with Gasteiger partial charge in [-0.2, -0.15) is 4.31 Å². The standard InChI is InChI=1S/C20H20ClFN4O4S2/c1-25(32(3,28)29)12-9-15-16(20(27)30-2)17(13-5-4-11(22)8-14(13)21)24-18(26(15)10-12)19-23-6-7-31-19/h4-8,12,17H,9-10H2,1-3H3/t12-,17-/m0/s1. The van der Waals surface area contributed by atoms with Gasteiger partial charge in [0.25, 0.3) is 0 Å². The van der Waals surface area contributed by atoms with E-state index in [2.05, 4.69) is 4.98 Å². The van der Waals surface area contributed by atoms with Crippen LogP contribution in [0.5, 0.6) is 0 Å². The number of aromatic nitrogens is 1. The number of hydrogen-bond donors (Lipinski definition) is 0. The first-order chi connectivity index (χ1) is 15.1. The first-order valence-corrected chi connectivity index (χ1v) is 12.7. The van der Waals surface area contributed by atoms with Crippen LogP contribution in [0, 0.1) is 5.82 Å². The lowest BCUT2D eigenvalue weighted by Crippen LogP contribution is -2.40. The number of rotatable bonds is 5. The molecular weight excluding hydrogens is 479 g/mol. The molecule has 0 unspecified atom stereocenters. The van der Waals surface area contributed by atoms with Gasteiger partial charge in [-0.1, -0.05) is 17.7 Å². The lowest BCUT2D eigenvalue weighted by atomic mass is 9.94. The number of sulfonamides is 1. The summed E-state index contributed by atoms with van der Waals surface area (Å²) in [6.45, 7) is 0.293. The number of thiazole rings is 1. The Bertz CT molecular complexity index is 1230. The smallest absolute Gasteiger partial charge is 0.338 e. The molecule has 8 nitrogen and oxygen atoms in total. The first-order valence-electron chi connectivity index (χ1n) is 9.56. The fraction of sp³-hybridized carbons (Fsp3) is 0.350. The van der Waals surface area contributed by atoms with Crippen LogP contribution < -0.4 is 0 Å². The van der Waals surface area contributed by atoms with E-state index in [1.807, 2.05) is 4.90 Å². The highest BCUT2D eigenvalue weighted by molar-refractivity contribution is 7.88. The van der Waals surface area contributed by atoms with Gasteiger partial charge in [-0.15, -0.1) is 11.3 Å². The molecule has 2 aliphatic heterocycles. The highest BCUT2D eigenvalue weighted by Crippen LogP contribution is 2.43. The summed E-state index contributed by atoms with van der Waals surface area (Å²) in [5.41, 5.74) is 1.27. The highest BCUT2D eigenvalue weighted by Gasteiger charge is 2.44. The van der Waals surface area contributed by atoms with E-state index in [0.717, 1.165) is 12.3 Å². The quantitative estimate of drug-likeness (QED) is 0.589. The molecule has 32 heavy (non-hydrogen) atoms. The summed E-state index contributed by atoms with van der Waals surface area (Å²) in [4.78, 5) is 23.9. The molecule has 4 rings (SSSR count). The van der Waals surface area contributed by atoms with Crippen molar-refractivity contribution in [3.8, 4) is 0 Å². The zero-order chi connectivity index (χ0) is 23.2. The normalized spacial score (nSPS) is 21.1. The van der Waals surface area contributed by atoms with Gasteiger partial charge < -0.3 is 9.64 Å². The molecule has 1 aromatic carbocycles. The predicted molar refractivity (Wildman–Crippen MR) is 120 cm³/mol. The van der Waals surface area contributed by atoms with Gasteiger partial charge in [-0.05, 0) is 12.1 Å². The largest absolute Gasteiger partial charge is 0.466 e. The molecule has 2 aliphatic rings. The molecule has 1 saturated heterocycles. The zero-order valence-electron chi connectivity index (χ0n) is 17.4. The van der Waals surface area contributed by atoms with Crippen molar-refractivity contribution in [3.63, 3.8) is 0 Å². The highest BCUT2D eigenvalue weighted by atomic mass is 35.5. The number of fused-ring (bicyclic) bond motifs is 1. The average Bonchev–Trinajstić information content (AvgIpc) is 3.41. The number of amidine groups is 1. The molecule has 12 heteroatoms. The molecule has 170 valence electrons. The molecule has 2 atom stereocenters.